The Kier molecular flexibility index (Phi) is 8.19. The summed E-state index contributed by atoms with van der Waals surface area (Å²) >= 11 is 0. The van der Waals surface area contributed by atoms with Crippen LogP contribution in [0.25, 0.3) is 88.0 Å². The first-order valence-corrected chi connectivity index (χ1v) is 19.8. The third kappa shape index (κ3) is 6.00. The van der Waals surface area contributed by atoms with Crippen molar-refractivity contribution < 1.29 is 4.42 Å². The second-order valence-electron chi connectivity index (χ2n) is 14.9. The summed E-state index contributed by atoms with van der Waals surface area (Å²) in [4.78, 5) is 2.37. The molecule has 2 heteroatoms. The van der Waals surface area contributed by atoms with E-state index in [1.807, 2.05) is 12.1 Å². The predicted octanol–water partition coefficient (Wildman–Crippen LogP) is 16.0. The van der Waals surface area contributed by atoms with Gasteiger partial charge in [0.15, 0.2) is 0 Å². The number of anilines is 3. The molecule has 0 aliphatic heterocycles. The van der Waals surface area contributed by atoms with Crippen molar-refractivity contribution in [2.75, 3.05) is 4.90 Å². The zero-order valence-electron chi connectivity index (χ0n) is 31.7. The smallest absolute Gasteiger partial charge is 0.143 e. The normalized spacial score (nSPS) is 11.4. The number of fused-ring (bicyclic) bond motifs is 5. The summed E-state index contributed by atoms with van der Waals surface area (Å²) < 4.78 is 6.54. The summed E-state index contributed by atoms with van der Waals surface area (Å²) in [6, 6.07) is 80.6. The van der Waals surface area contributed by atoms with Crippen molar-refractivity contribution in [3.63, 3.8) is 0 Å². The molecule has 0 saturated heterocycles. The molecule has 0 radical (unpaired) electrons. The highest BCUT2D eigenvalue weighted by atomic mass is 16.3. The predicted molar refractivity (Wildman–Crippen MR) is 245 cm³/mol. The Morgan fingerprint density at radius 2 is 0.793 bits per heavy atom. The molecule has 10 aromatic carbocycles. The van der Waals surface area contributed by atoms with Crippen LogP contribution in [0.15, 0.2) is 229 Å². The van der Waals surface area contributed by atoms with E-state index in [9.17, 15) is 0 Å². The number of benzene rings is 10. The quantitative estimate of drug-likeness (QED) is 0.151. The van der Waals surface area contributed by atoms with E-state index < -0.39 is 0 Å². The molecule has 58 heavy (non-hydrogen) atoms. The van der Waals surface area contributed by atoms with Crippen LogP contribution in [0.4, 0.5) is 17.1 Å². The fourth-order valence-corrected chi connectivity index (χ4v) is 8.54. The summed E-state index contributed by atoms with van der Waals surface area (Å²) in [6.07, 6.45) is 0. The Morgan fingerprint density at radius 3 is 1.59 bits per heavy atom. The summed E-state index contributed by atoms with van der Waals surface area (Å²) in [5.41, 5.74) is 12.2. The highest BCUT2D eigenvalue weighted by Crippen LogP contribution is 2.43. The number of rotatable bonds is 7. The number of para-hydroxylation sites is 1. The first-order valence-electron chi connectivity index (χ1n) is 19.8. The maximum atomic E-state index is 6.54. The van der Waals surface area contributed by atoms with Crippen LogP contribution in [-0.4, -0.2) is 0 Å². The van der Waals surface area contributed by atoms with E-state index in [0.717, 1.165) is 61.6 Å². The van der Waals surface area contributed by atoms with Crippen LogP contribution in [0.5, 0.6) is 0 Å². The van der Waals surface area contributed by atoms with E-state index >= 15 is 0 Å². The maximum Gasteiger partial charge on any atom is 0.143 e. The molecule has 0 unspecified atom stereocenters. The summed E-state index contributed by atoms with van der Waals surface area (Å²) in [5, 5.41) is 8.58. The molecule has 11 aromatic rings. The minimum absolute atomic E-state index is 0.890. The Hall–Kier alpha value is -7.68. The molecule has 0 saturated carbocycles. The van der Waals surface area contributed by atoms with Crippen molar-refractivity contribution in [2.45, 2.75) is 0 Å². The minimum atomic E-state index is 0.890. The largest absolute Gasteiger partial charge is 0.455 e. The van der Waals surface area contributed by atoms with Crippen LogP contribution in [0, 0.1) is 0 Å². The highest BCUT2D eigenvalue weighted by Gasteiger charge is 2.19. The topological polar surface area (TPSA) is 16.4 Å². The molecule has 0 N–H and O–H groups in total. The number of furan rings is 1. The van der Waals surface area contributed by atoms with Crippen LogP contribution in [-0.2, 0) is 0 Å². The Morgan fingerprint density at radius 1 is 0.276 bits per heavy atom. The molecule has 0 aliphatic carbocycles. The summed E-state index contributed by atoms with van der Waals surface area (Å²) in [7, 11) is 0. The van der Waals surface area contributed by atoms with E-state index in [1.165, 1.54) is 43.4 Å². The molecule has 0 amide bonds. The fraction of sp³-hybridized carbons (Fsp3) is 0. The van der Waals surface area contributed by atoms with Crippen LogP contribution in [0.3, 0.4) is 0 Å². The lowest BCUT2D eigenvalue weighted by atomic mass is 9.95. The van der Waals surface area contributed by atoms with Gasteiger partial charge in [0.25, 0.3) is 0 Å². The first kappa shape index (κ1) is 33.6. The van der Waals surface area contributed by atoms with E-state index in [0.29, 0.717) is 0 Å². The van der Waals surface area contributed by atoms with Crippen molar-refractivity contribution in [3.05, 3.63) is 224 Å². The van der Waals surface area contributed by atoms with Gasteiger partial charge in [0, 0.05) is 33.6 Å². The van der Waals surface area contributed by atoms with Crippen LogP contribution in [0.1, 0.15) is 0 Å². The minimum Gasteiger partial charge on any atom is -0.455 e. The molecule has 272 valence electrons. The van der Waals surface area contributed by atoms with Gasteiger partial charge in [-0.3, -0.25) is 0 Å². The highest BCUT2D eigenvalue weighted by molar-refractivity contribution is 6.09. The number of hydrogen-bond acceptors (Lipinski definition) is 2. The molecule has 11 rings (SSSR count). The lowest BCUT2D eigenvalue weighted by Gasteiger charge is -2.26. The second-order valence-corrected chi connectivity index (χ2v) is 14.9. The van der Waals surface area contributed by atoms with Crippen molar-refractivity contribution in [3.8, 4) is 44.7 Å². The van der Waals surface area contributed by atoms with Gasteiger partial charge < -0.3 is 9.32 Å². The van der Waals surface area contributed by atoms with Gasteiger partial charge in [0.2, 0.25) is 0 Å². The van der Waals surface area contributed by atoms with E-state index in [2.05, 4.69) is 217 Å². The first-order chi connectivity index (χ1) is 28.7. The van der Waals surface area contributed by atoms with Crippen molar-refractivity contribution in [1.29, 1.82) is 0 Å². The second kappa shape index (κ2) is 14.1. The molecule has 0 bridgehead atoms. The molecular weight excluding hydrogens is 703 g/mol. The van der Waals surface area contributed by atoms with Gasteiger partial charge in [0.05, 0.1) is 0 Å². The van der Waals surface area contributed by atoms with Gasteiger partial charge in [-0.2, -0.15) is 0 Å². The Labute approximate surface area is 337 Å². The average Bonchev–Trinajstić information content (AvgIpc) is 3.70. The van der Waals surface area contributed by atoms with Crippen molar-refractivity contribution in [2.24, 2.45) is 0 Å². The zero-order chi connectivity index (χ0) is 38.4. The van der Waals surface area contributed by atoms with Gasteiger partial charge in [0.1, 0.15) is 11.3 Å². The third-order valence-corrected chi connectivity index (χ3v) is 11.4. The van der Waals surface area contributed by atoms with Gasteiger partial charge in [-0.05, 0) is 109 Å². The molecule has 0 atom stereocenters. The fourth-order valence-electron chi connectivity index (χ4n) is 8.54. The van der Waals surface area contributed by atoms with Gasteiger partial charge in [-0.1, -0.05) is 176 Å². The van der Waals surface area contributed by atoms with E-state index in [-0.39, 0.29) is 0 Å². The Bertz CT molecular complexity index is 3270. The zero-order valence-corrected chi connectivity index (χ0v) is 31.7. The van der Waals surface area contributed by atoms with Crippen LogP contribution in [0.2, 0.25) is 0 Å². The molecule has 2 nitrogen and oxygen atoms in total. The van der Waals surface area contributed by atoms with E-state index in [4.69, 9.17) is 4.42 Å². The standard InChI is InChI=1S/C56H37NO/c1-2-13-43(14-3-1)55-53-19-8-9-20-54(53)58-56(55)47-17-10-16-44(35-47)41-23-21-39(22-24-41)40-27-30-48(31-28-40)57(49-32-29-38-11-4-5-15-45(38)36-49)50-33-34-52-46(37-50)26-25-42-12-6-7-18-51(42)52/h1-37H. The van der Waals surface area contributed by atoms with Crippen LogP contribution < -0.4 is 4.90 Å². The van der Waals surface area contributed by atoms with Crippen molar-refractivity contribution >= 4 is 60.3 Å². The third-order valence-electron chi connectivity index (χ3n) is 11.4. The summed E-state index contributed by atoms with van der Waals surface area (Å²) in [6.45, 7) is 0. The van der Waals surface area contributed by atoms with Gasteiger partial charge in [-0.15, -0.1) is 0 Å². The average molecular weight is 740 g/mol. The lowest BCUT2D eigenvalue weighted by Crippen LogP contribution is -2.09. The molecule has 1 heterocycles. The molecule has 1 aromatic heterocycles. The number of hydrogen-bond donors (Lipinski definition) is 0. The SMILES string of the molecule is c1ccc(-c2c(-c3cccc(-c4ccc(-c5ccc(N(c6ccc7ccccc7c6)c6ccc7c(ccc8ccccc87)c6)cc5)cc4)c3)oc3ccccc23)cc1. The number of nitrogens with zero attached hydrogens (tertiary/aromatic N) is 1. The monoisotopic (exact) mass is 739 g/mol. The molecular formula is C56H37NO. The molecule has 0 fully saturated rings. The van der Waals surface area contributed by atoms with E-state index in [1.54, 1.807) is 0 Å². The maximum absolute atomic E-state index is 6.54. The molecule has 0 aliphatic rings. The lowest BCUT2D eigenvalue weighted by molar-refractivity contribution is 0.632. The molecule has 0 spiro atoms. The Balaban J connectivity index is 0.926. The summed E-state index contributed by atoms with van der Waals surface area (Å²) in [5.74, 6) is 0.890. The van der Waals surface area contributed by atoms with Crippen LogP contribution >= 0.6 is 0 Å². The van der Waals surface area contributed by atoms with Crippen molar-refractivity contribution in [1.82, 2.24) is 0 Å². The van der Waals surface area contributed by atoms with Gasteiger partial charge in [-0.25, -0.2) is 0 Å². The van der Waals surface area contributed by atoms with Gasteiger partial charge >= 0.3 is 0 Å².